The van der Waals surface area contributed by atoms with E-state index >= 15 is 0 Å². The monoisotopic (exact) mass is 310 g/mol. The lowest BCUT2D eigenvalue weighted by Crippen LogP contribution is -2.38. The van der Waals surface area contributed by atoms with Crippen molar-refractivity contribution in [2.75, 3.05) is 5.75 Å². The van der Waals surface area contributed by atoms with Crippen LogP contribution in [-0.2, 0) is 14.6 Å². The van der Waals surface area contributed by atoms with Gasteiger partial charge in [-0.25, -0.2) is 8.42 Å². The van der Waals surface area contributed by atoms with Crippen LogP contribution in [0.1, 0.15) is 26.2 Å². The zero-order chi connectivity index (χ0) is 11.7. The van der Waals surface area contributed by atoms with Crippen LogP contribution in [-0.4, -0.2) is 31.3 Å². The van der Waals surface area contributed by atoms with Crippen molar-refractivity contribution in [1.82, 2.24) is 0 Å². The van der Waals surface area contributed by atoms with Gasteiger partial charge in [0.05, 0.1) is 11.5 Å². The SMILES string of the molecule is CCC(OC1CCCS1(=O)=O)[Si](Cl)(Cl)Cl. The maximum absolute atomic E-state index is 11.5. The third-order valence-electron chi connectivity index (χ3n) is 2.32. The van der Waals surface area contributed by atoms with Crippen molar-refractivity contribution in [1.29, 1.82) is 0 Å². The highest BCUT2D eigenvalue weighted by molar-refractivity contribution is 7.92. The number of sulfone groups is 1. The molecule has 15 heavy (non-hydrogen) atoms. The van der Waals surface area contributed by atoms with E-state index in [0.717, 1.165) is 0 Å². The van der Waals surface area contributed by atoms with E-state index in [-0.39, 0.29) is 5.75 Å². The standard InChI is InChI=1S/C7H13Cl3O3SSi/c1-2-7(15(8,9)10)13-6-4-3-5-14(6,11)12/h6-7H,2-5H2,1H3. The minimum atomic E-state index is -3.13. The Hall–Kier alpha value is 0.997. The summed E-state index contributed by atoms with van der Waals surface area (Å²) in [6, 6.07) is -2.99. The molecule has 1 heterocycles. The van der Waals surface area contributed by atoms with Crippen LogP contribution in [0.3, 0.4) is 0 Å². The minimum absolute atomic E-state index is 0.176. The molecule has 1 saturated heterocycles. The summed E-state index contributed by atoms with van der Waals surface area (Å²) < 4.78 is 28.4. The van der Waals surface area contributed by atoms with E-state index in [1.165, 1.54) is 0 Å². The number of hydrogen-bond acceptors (Lipinski definition) is 3. The van der Waals surface area contributed by atoms with E-state index in [2.05, 4.69) is 0 Å². The van der Waals surface area contributed by atoms with Gasteiger partial charge in [0.15, 0.2) is 15.3 Å². The molecule has 0 amide bonds. The predicted octanol–water partition coefficient (Wildman–Crippen LogP) is 2.51. The van der Waals surface area contributed by atoms with Gasteiger partial charge >= 0.3 is 6.00 Å². The molecule has 0 saturated carbocycles. The highest BCUT2D eigenvalue weighted by atomic mass is 35.8. The summed E-state index contributed by atoms with van der Waals surface area (Å²) in [4.78, 5) is 0. The molecule has 0 radical (unpaired) electrons. The molecule has 1 rings (SSSR count). The highest BCUT2D eigenvalue weighted by Crippen LogP contribution is 2.32. The van der Waals surface area contributed by atoms with Gasteiger partial charge < -0.3 is 4.74 Å². The Morgan fingerprint density at radius 1 is 1.47 bits per heavy atom. The summed E-state index contributed by atoms with van der Waals surface area (Å²) in [6.07, 6.45) is 1.66. The lowest BCUT2D eigenvalue weighted by molar-refractivity contribution is 0.0749. The molecular formula is C7H13Cl3O3SSi. The zero-order valence-corrected chi connectivity index (χ0v) is 12.3. The van der Waals surface area contributed by atoms with Crippen LogP contribution in [0.25, 0.3) is 0 Å². The lowest BCUT2D eigenvalue weighted by Gasteiger charge is -2.24. The van der Waals surface area contributed by atoms with Gasteiger partial charge in [0, 0.05) is 0 Å². The molecule has 0 bridgehead atoms. The third-order valence-corrected chi connectivity index (χ3v) is 7.79. The van der Waals surface area contributed by atoms with Gasteiger partial charge in [-0.3, -0.25) is 0 Å². The number of halogens is 3. The first-order chi connectivity index (χ1) is 6.77. The highest BCUT2D eigenvalue weighted by Gasteiger charge is 2.42. The Labute approximate surface area is 105 Å². The van der Waals surface area contributed by atoms with Crippen LogP contribution in [0.15, 0.2) is 0 Å². The van der Waals surface area contributed by atoms with E-state index in [4.69, 9.17) is 38.0 Å². The second-order valence-corrected chi connectivity index (χ2v) is 14.6. The predicted molar refractivity (Wildman–Crippen MR) is 65.3 cm³/mol. The Morgan fingerprint density at radius 3 is 2.40 bits per heavy atom. The first-order valence-corrected chi connectivity index (χ1v) is 11.5. The molecule has 8 heteroatoms. The topological polar surface area (TPSA) is 43.4 Å². The van der Waals surface area contributed by atoms with E-state index < -0.39 is 27.0 Å². The van der Waals surface area contributed by atoms with Gasteiger partial charge in [0.25, 0.3) is 0 Å². The van der Waals surface area contributed by atoms with Gasteiger partial charge in [0.1, 0.15) is 0 Å². The molecule has 0 aliphatic carbocycles. The molecule has 0 spiro atoms. The summed E-state index contributed by atoms with van der Waals surface area (Å²) in [5.74, 6) is 0.176. The molecule has 2 atom stereocenters. The van der Waals surface area contributed by atoms with Gasteiger partial charge in [-0.2, -0.15) is 0 Å². The Bertz CT molecular complexity index is 314. The summed E-state index contributed by atoms with van der Waals surface area (Å²) in [6.45, 7) is 1.82. The maximum atomic E-state index is 11.5. The smallest absolute Gasteiger partial charge is 0.358 e. The fourth-order valence-electron chi connectivity index (χ4n) is 1.50. The average Bonchev–Trinajstić information content (AvgIpc) is 2.39. The van der Waals surface area contributed by atoms with Crippen molar-refractivity contribution in [2.45, 2.75) is 37.3 Å². The van der Waals surface area contributed by atoms with Crippen LogP contribution in [0.5, 0.6) is 0 Å². The second-order valence-electron chi connectivity index (χ2n) is 3.51. The second kappa shape index (κ2) is 5.10. The van der Waals surface area contributed by atoms with Crippen molar-refractivity contribution in [3.63, 3.8) is 0 Å². The quantitative estimate of drug-likeness (QED) is 0.592. The van der Waals surface area contributed by atoms with Crippen LogP contribution in [0.4, 0.5) is 0 Å². The van der Waals surface area contributed by atoms with E-state index in [1.54, 1.807) is 0 Å². The molecule has 1 fully saturated rings. The first kappa shape index (κ1) is 14.1. The summed E-state index contributed by atoms with van der Waals surface area (Å²) in [5, 5.41) is 0. The molecule has 0 N–H and O–H groups in total. The number of rotatable bonds is 4. The van der Waals surface area contributed by atoms with Crippen molar-refractivity contribution in [3.8, 4) is 0 Å². The lowest BCUT2D eigenvalue weighted by atomic mass is 10.4. The third kappa shape index (κ3) is 3.75. The van der Waals surface area contributed by atoms with Crippen LogP contribution in [0, 0.1) is 0 Å². The molecule has 2 unspecified atom stereocenters. The summed E-state index contributed by atoms with van der Waals surface area (Å²) in [7, 11) is -3.13. The fourth-order valence-corrected chi connectivity index (χ4v) is 5.90. The molecule has 0 aromatic heterocycles. The van der Waals surface area contributed by atoms with Gasteiger partial charge in [-0.05, 0) is 19.3 Å². The van der Waals surface area contributed by atoms with Crippen molar-refractivity contribution in [3.05, 3.63) is 0 Å². The van der Waals surface area contributed by atoms with Crippen molar-refractivity contribution >= 4 is 49.1 Å². The Balaban J connectivity index is 2.68. The van der Waals surface area contributed by atoms with Gasteiger partial charge in [-0.1, -0.05) is 6.92 Å². The molecular weight excluding hydrogens is 299 g/mol. The fraction of sp³-hybridized carbons (Fsp3) is 1.00. The van der Waals surface area contributed by atoms with Crippen LogP contribution in [0.2, 0.25) is 0 Å². The zero-order valence-electron chi connectivity index (χ0n) is 8.25. The summed E-state index contributed by atoms with van der Waals surface area (Å²) in [5.41, 5.74) is -1.31. The van der Waals surface area contributed by atoms with Crippen molar-refractivity contribution < 1.29 is 13.2 Å². The average molecular weight is 312 g/mol. The van der Waals surface area contributed by atoms with E-state index in [9.17, 15) is 8.42 Å². The van der Waals surface area contributed by atoms with Crippen molar-refractivity contribution in [2.24, 2.45) is 0 Å². The molecule has 1 aliphatic rings. The number of hydrogen-bond donors (Lipinski definition) is 0. The maximum Gasteiger partial charge on any atom is 0.369 e. The van der Waals surface area contributed by atoms with Gasteiger partial charge in [0.2, 0.25) is 0 Å². The minimum Gasteiger partial charge on any atom is -0.358 e. The van der Waals surface area contributed by atoms with Gasteiger partial charge in [-0.15, -0.1) is 33.2 Å². The first-order valence-electron chi connectivity index (χ1n) is 4.71. The van der Waals surface area contributed by atoms with Crippen LogP contribution >= 0.6 is 33.2 Å². The van der Waals surface area contributed by atoms with E-state index in [1.807, 2.05) is 6.92 Å². The molecule has 90 valence electrons. The van der Waals surface area contributed by atoms with Crippen LogP contribution < -0.4 is 0 Å². The molecule has 1 aliphatic heterocycles. The Kier molecular flexibility index (Phi) is 4.78. The Morgan fingerprint density at radius 2 is 2.07 bits per heavy atom. The van der Waals surface area contributed by atoms with E-state index in [0.29, 0.717) is 19.3 Å². The number of ether oxygens (including phenoxy) is 1. The molecule has 0 aromatic rings. The normalized spacial score (nSPS) is 27.9. The molecule has 0 aromatic carbocycles. The molecule has 3 nitrogen and oxygen atoms in total. The summed E-state index contributed by atoms with van der Waals surface area (Å²) >= 11 is 17.5. The largest absolute Gasteiger partial charge is 0.369 e.